The van der Waals surface area contributed by atoms with Crippen molar-refractivity contribution < 1.29 is 13.9 Å². The van der Waals surface area contributed by atoms with Crippen molar-refractivity contribution in [1.82, 2.24) is 9.80 Å². The number of hydrogen-bond acceptors (Lipinski definition) is 3. The van der Waals surface area contributed by atoms with Gasteiger partial charge in [-0.3, -0.25) is 4.90 Å². The number of benzene rings is 2. The van der Waals surface area contributed by atoms with Crippen molar-refractivity contribution in [3.8, 4) is 0 Å². The maximum Gasteiger partial charge on any atom is 0.322 e. The highest BCUT2D eigenvalue weighted by Crippen LogP contribution is 2.13. The predicted octanol–water partition coefficient (Wildman–Crippen LogP) is 4.10. The van der Waals surface area contributed by atoms with E-state index in [0.29, 0.717) is 18.8 Å². The first kappa shape index (κ1) is 21.0. The van der Waals surface area contributed by atoms with Crippen molar-refractivity contribution in [2.24, 2.45) is 0 Å². The van der Waals surface area contributed by atoms with Crippen LogP contribution >= 0.6 is 0 Å². The average molecular weight is 397 g/mol. The van der Waals surface area contributed by atoms with Crippen LogP contribution in [0.2, 0.25) is 0 Å². The van der Waals surface area contributed by atoms with E-state index in [-0.39, 0.29) is 11.8 Å². The number of halogens is 1. The quantitative estimate of drug-likeness (QED) is 0.765. The number of urea groups is 1. The van der Waals surface area contributed by atoms with E-state index in [2.05, 4.69) is 16.3 Å². The molecule has 1 fully saturated rings. The fourth-order valence-corrected chi connectivity index (χ4v) is 3.29. The fourth-order valence-electron chi connectivity index (χ4n) is 3.29. The number of carbonyl (C=O) groups excluding carboxylic acids is 1. The zero-order chi connectivity index (χ0) is 20.5. The van der Waals surface area contributed by atoms with Crippen molar-refractivity contribution in [3.05, 3.63) is 71.6 Å². The number of anilines is 1. The van der Waals surface area contributed by atoms with Crippen LogP contribution in [-0.2, 0) is 4.74 Å². The van der Waals surface area contributed by atoms with E-state index in [9.17, 15) is 9.18 Å². The van der Waals surface area contributed by atoms with Gasteiger partial charge in [-0.05, 0) is 30.7 Å². The normalized spacial score (nSPS) is 15.2. The molecule has 29 heavy (non-hydrogen) atoms. The summed E-state index contributed by atoms with van der Waals surface area (Å²) in [5, 5.41) is 2.82. The molecule has 1 N–H and O–H groups in total. The number of ether oxygens (including phenoxy) is 1. The molecule has 1 heterocycles. The van der Waals surface area contributed by atoms with Crippen LogP contribution in [0.3, 0.4) is 0 Å². The molecule has 3 rings (SSSR count). The molecule has 2 amide bonds. The first-order valence-corrected chi connectivity index (χ1v) is 9.94. The minimum atomic E-state index is -0.372. The second-order valence-electron chi connectivity index (χ2n) is 7.22. The molecular formula is C23H28FN3O2. The Labute approximate surface area is 171 Å². The molecule has 0 aromatic heterocycles. The molecule has 0 radical (unpaired) electrons. The largest absolute Gasteiger partial charge is 0.379 e. The van der Waals surface area contributed by atoms with Crippen LogP contribution in [0.4, 0.5) is 14.9 Å². The van der Waals surface area contributed by atoms with Crippen molar-refractivity contribution in [1.29, 1.82) is 0 Å². The number of morpholine rings is 1. The molecule has 0 atom stereocenters. The third kappa shape index (κ3) is 7.00. The third-order valence-electron chi connectivity index (χ3n) is 4.81. The monoisotopic (exact) mass is 397 g/mol. The predicted molar refractivity (Wildman–Crippen MR) is 114 cm³/mol. The number of nitrogens with zero attached hydrogens (tertiary/aromatic N) is 2. The number of carbonyl (C=O) groups is 1. The highest BCUT2D eigenvalue weighted by atomic mass is 19.1. The maximum atomic E-state index is 13.5. The van der Waals surface area contributed by atoms with Crippen LogP contribution < -0.4 is 5.32 Å². The molecule has 154 valence electrons. The van der Waals surface area contributed by atoms with Gasteiger partial charge in [0, 0.05) is 38.4 Å². The standard InChI is InChI=1S/C23H28FN3O2/c1-19(16-20-6-3-2-4-7-20)18-27(11-10-26-12-14-29-15-13-26)23(28)25-22-9-5-8-21(24)17-22/h2-9,16-17H,10-15,18H2,1H3,(H,25,28)/b19-16+. The van der Waals surface area contributed by atoms with Crippen molar-refractivity contribution >= 4 is 17.8 Å². The van der Waals surface area contributed by atoms with E-state index in [1.54, 1.807) is 17.0 Å². The van der Waals surface area contributed by atoms with E-state index in [1.807, 2.05) is 37.3 Å². The lowest BCUT2D eigenvalue weighted by Gasteiger charge is -2.30. The van der Waals surface area contributed by atoms with E-state index in [0.717, 1.165) is 44.0 Å². The summed E-state index contributed by atoms with van der Waals surface area (Å²) in [5.41, 5.74) is 2.63. The van der Waals surface area contributed by atoms with E-state index in [4.69, 9.17) is 4.74 Å². The molecule has 0 bridgehead atoms. The molecular weight excluding hydrogens is 369 g/mol. The Hall–Kier alpha value is -2.70. The molecule has 0 aliphatic carbocycles. The number of rotatable bonds is 7. The highest BCUT2D eigenvalue weighted by Gasteiger charge is 2.17. The molecule has 2 aromatic carbocycles. The van der Waals surface area contributed by atoms with Crippen LogP contribution in [0.25, 0.3) is 6.08 Å². The summed E-state index contributed by atoms with van der Waals surface area (Å²) in [7, 11) is 0. The smallest absolute Gasteiger partial charge is 0.322 e. The van der Waals surface area contributed by atoms with Gasteiger partial charge in [0.1, 0.15) is 5.82 Å². The molecule has 0 spiro atoms. The average Bonchev–Trinajstić information content (AvgIpc) is 2.72. The summed E-state index contributed by atoms with van der Waals surface area (Å²) in [6.07, 6.45) is 2.08. The minimum absolute atomic E-state index is 0.232. The van der Waals surface area contributed by atoms with Crippen LogP contribution in [0.1, 0.15) is 12.5 Å². The van der Waals surface area contributed by atoms with Gasteiger partial charge in [0.15, 0.2) is 0 Å². The van der Waals surface area contributed by atoms with Crippen LogP contribution in [0.5, 0.6) is 0 Å². The Morgan fingerprint density at radius 1 is 1.17 bits per heavy atom. The summed E-state index contributed by atoms with van der Waals surface area (Å²) in [5.74, 6) is -0.372. The molecule has 5 nitrogen and oxygen atoms in total. The first-order valence-electron chi connectivity index (χ1n) is 9.94. The molecule has 0 unspecified atom stereocenters. The van der Waals surface area contributed by atoms with Gasteiger partial charge in [-0.25, -0.2) is 9.18 Å². The van der Waals surface area contributed by atoms with Gasteiger partial charge in [-0.2, -0.15) is 0 Å². The second kappa shape index (κ2) is 10.7. The van der Waals surface area contributed by atoms with Gasteiger partial charge in [-0.1, -0.05) is 48.0 Å². The van der Waals surface area contributed by atoms with E-state index >= 15 is 0 Å². The highest BCUT2D eigenvalue weighted by molar-refractivity contribution is 5.89. The second-order valence-corrected chi connectivity index (χ2v) is 7.22. The lowest BCUT2D eigenvalue weighted by molar-refractivity contribution is 0.0354. The molecule has 0 saturated carbocycles. The van der Waals surface area contributed by atoms with Crippen LogP contribution in [0.15, 0.2) is 60.2 Å². The Balaban J connectivity index is 1.67. The molecule has 6 heteroatoms. The Kier molecular flexibility index (Phi) is 7.78. The van der Waals surface area contributed by atoms with Crippen LogP contribution in [0, 0.1) is 5.82 Å². The van der Waals surface area contributed by atoms with Crippen molar-refractivity contribution in [2.75, 3.05) is 51.3 Å². The molecule has 1 saturated heterocycles. The maximum absolute atomic E-state index is 13.5. The van der Waals surface area contributed by atoms with E-state index in [1.165, 1.54) is 12.1 Å². The molecule has 1 aliphatic rings. The minimum Gasteiger partial charge on any atom is -0.379 e. The molecule has 1 aliphatic heterocycles. The van der Waals surface area contributed by atoms with Gasteiger partial charge >= 0.3 is 6.03 Å². The molecule has 2 aromatic rings. The van der Waals surface area contributed by atoms with Gasteiger partial charge in [0.25, 0.3) is 0 Å². The van der Waals surface area contributed by atoms with Gasteiger partial charge < -0.3 is 15.0 Å². The Morgan fingerprint density at radius 2 is 1.93 bits per heavy atom. The summed E-state index contributed by atoms with van der Waals surface area (Å²) < 4.78 is 18.9. The lowest BCUT2D eigenvalue weighted by atomic mass is 10.1. The zero-order valence-electron chi connectivity index (χ0n) is 16.8. The Morgan fingerprint density at radius 3 is 2.66 bits per heavy atom. The fraction of sp³-hybridized carbons (Fsp3) is 0.348. The van der Waals surface area contributed by atoms with E-state index < -0.39 is 0 Å². The number of hydrogen-bond donors (Lipinski definition) is 1. The SMILES string of the molecule is C/C(=C\c1ccccc1)CN(CCN1CCOCC1)C(=O)Nc1cccc(F)c1. The number of nitrogens with one attached hydrogen (secondary N) is 1. The first-order chi connectivity index (χ1) is 14.1. The van der Waals surface area contributed by atoms with Gasteiger partial charge in [0.05, 0.1) is 13.2 Å². The number of amides is 2. The van der Waals surface area contributed by atoms with Gasteiger partial charge in [-0.15, -0.1) is 0 Å². The summed E-state index contributed by atoms with van der Waals surface area (Å²) in [4.78, 5) is 17.0. The van der Waals surface area contributed by atoms with Gasteiger partial charge in [0.2, 0.25) is 0 Å². The summed E-state index contributed by atoms with van der Waals surface area (Å²) in [6.45, 7) is 7.07. The summed E-state index contributed by atoms with van der Waals surface area (Å²) in [6, 6.07) is 15.8. The topological polar surface area (TPSA) is 44.8 Å². The summed E-state index contributed by atoms with van der Waals surface area (Å²) >= 11 is 0. The Bertz CT molecular complexity index is 820. The van der Waals surface area contributed by atoms with Crippen LogP contribution in [-0.4, -0.2) is 61.8 Å². The third-order valence-corrected chi connectivity index (χ3v) is 4.81. The van der Waals surface area contributed by atoms with Crippen molar-refractivity contribution in [2.45, 2.75) is 6.92 Å². The zero-order valence-corrected chi connectivity index (χ0v) is 16.8. The van der Waals surface area contributed by atoms with Crippen molar-refractivity contribution in [3.63, 3.8) is 0 Å². The lowest BCUT2D eigenvalue weighted by Crippen LogP contribution is -2.44.